The van der Waals surface area contributed by atoms with Gasteiger partial charge in [0.1, 0.15) is 0 Å². The largest absolute Gasteiger partial charge is 0.493 e. The standard InChI is InChI=1S/C13H15N3O4S/c1-16-12(14-15-13(16)21-7-10(17)18)8-5-4-6-9(19-2)11(8)20-3/h4-6H,7H2,1-3H3,(H,17,18). The lowest BCUT2D eigenvalue weighted by Gasteiger charge is -2.12. The first-order chi connectivity index (χ1) is 10.1. The molecule has 1 heterocycles. The van der Waals surface area contributed by atoms with Crippen molar-refractivity contribution in [1.82, 2.24) is 14.8 Å². The van der Waals surface area contributed by atoms with Crippen LogP contribution >= 0.6 is 11.8 Å². The lowest BCUT2D eigenvalue weighted by atomic mass is 10.1. The predicted molar refractivity (Wildman–Crippen MR) is 77.9 cm³/mol. The molecule has 0 fully saturated rings. The molecule has 0 aliphatic heterocycles. The molecule has 0 atom stereocenters. The quantitative estimate of drug-likeness (QED) is 0.812. The van der Waals surface area contributed by atoms with E-state index < -0.39 is 5.97 Å². The minimum absolute atomic E-state index is 0.0682. The topological polar surface area (TPSA) is 86.5 Å². The van der Waals surface area contributed by atoms with Gasteiger partial charge in [-0.2, -0.15) is 0 Å². The highest BCUT2D eigenvalue weighted by atomic mass is 32.2. The SMILES string of the molecule is COc1cccc(-c2nnc(SCC(=O)O)n2C)c1OC. The molecule has 0 radical (unpaired) electrons. The molecule has 8 heteroatoms. The van der Waals surface area contributed by atoms with E-state index in [0.29, 0.717) is 22.5 Å². The van der Waals surface area contributed by atoms with Gasteiger partial charge in [-0.15, -0.1) is 10.2 Å². The highest BCUT2D eigenvalue weighted by Crippen LogP contribution is 2.37. The van der Waals surface area contributed by atoms with E-state index in [2.05, 4.69) is 10.2 Å². The van der Waals surface area contributed by atoms with Gasteiger partial charge in [-0.05, 0) is 12.1 Å². The van der Waals surface area contributed by atoms with Crippen molar-refractivity contribution >= 4 is 17.7 Å². The van der Waals surface area contributed by atoms with Gasteiger partial charge in [-0.1, -0.05) is 17.8 Å². The number of benzene rings is 1. The summed E-state index contributed by atoms with van der Waals surface area (Å²) < 4.78 is 12.4. The number of aromatic nitrogens is 3. The van der Waals surface area contributed by atoms with Crippen LogP contribution in [0.5, 0.6) is 11.5 Å². The normalized spacial score (nSPS) is 10.4. The third-order valence-electron chi connectivity index (χ3n) is 2.80. The van der Waals surface area contributed by atoms with E-state index in [1.807, 2.05) is 12.1 Å². The molecular weight excluding hydrogens is 294 g/mol. The van der Waals surface area contributed by atoms with E-state index in [1.165, 1.54) is 0 Å². The molecule has 0 aliphatic rings. The first-order valence-corrected chi connectivity index (χ1v) is 7.02. The average Bonchev–Trinajstić information content (AvgIpc) is 2.85. The zero-order valence-electron chi connectivity index (χ0n) is 11.9. The Hall–Kier alpha value is -2.22. The van der Waals surface area contributed by atoms with Gasteiger partial charge in [0.15, 0.2) is 22.5 Å². The van der Waals surface area contributed by atoms with Gasteiger partial charge >= 0.3 is 5.97 Å². The van der Waals surface area contributed by atoms with Crippen molar-refractivity contribution in [1.29, 1.82) is 0 Å². The Balaban J connectivity index is 2.41. The van der Waals surface area contributed by atoms with Crippen molar-refractivity contribution in [2.45, 2.75) is 5.16 Å². The van der Waals surface area contributed by atoms with Gasteiger partial charge in [0.05, 0.1) is 25.5 Å². The number of carbonyl (C=O) groups is 1. The van der Waals surface area contributed by atoms with Gasteiger partial charge in [0, 0.05) is 7.05 Å². The van der Waals surface area contributed by atoms with Crippen LogP contribution in [0.15, 0.2) is 23.4 Å². The number of methoxy groups -OCH3 is 2. The second-order valence-corrected chi connectivity index (χ2v) is 5.03. The Bertz CT molecular complexity index is 657. The summed E-state index contributed by atoms with van der Waals surface area (Å²) in [7, 11) is 4.89. The van der Waals surface area contributed by atoms with Crippen molar-refractivity contribution in [3.63, 3.8) is 0 Å². The van der Waals surface area contributed by atoms with Crippen molar-refractivity contribution in [3.8, 4) is 22.9 Å². The summed E-state index contributed by atoms with van der Waals surface area (Å²) in [6.07, 6.45) is 0. The van der Waals surface area contributed by atoms with Gasteiger partial charge in [-0.25, -0.2) is 0 Å². The van der Waals surface area contributed by atoms with Crippen LogP contribution < -0.4 is 9.47 Å². The van der Waals surface area contributed by atoms with Crippen molar-refractivity contribution < 1.29 is 19.4 Å². The van der Waals surface area contributed by atoms with Crippen molar-refractivity contribution in [3.05, 3.63) is 18.2 Å². The fraction of sp³-hybridized carbons (Fsp3) is 0.308. The molecule has 0 saturated heterocycles. The van der Waals surface area contributed by atoms with Crippen LogP contribution in [0.4, 0.5) is 0 Å². The minimum Gasteiger partial charge on any atom is -0.493 e. The van der Waals surface area contributed by atoms with Crippen molar-refractivity contribution in [2.75, 3.05) is 20.0 Å². The number of thioether (sulfide) groups is 1. The maximum Gasteiger partial charge on any atom is 0.313 e. The lowest BCUT2D eigenvalue weighted by molar-refractivity contribution is -0.133. The molecule has 7 nitrogen and oxygen atoms in total. The Morgan fingerprint density at radius 2 is 2.10 bits per heavy atom. The van der Waals surface area contributed by atoms with Gasteiger partial charge in [0.25, 0.3) is 0 Å². The van der Waals surface area contributed by atoms with Gasteiger partial charge in [0.2, 0.25) is 0 Å². The zero-order valence-corrected chi connectivity index (χ0v) is 12.7. The number of nitrogens with zero attached hydrogens (tertiary/aromatic N) is 3. The number of rotatable bonds is 6. The smallest absolute Gasteiger partial charge is 0.313 e. The number of ether oxygens (including phenoxy) is 2. The fourth-order valence-electron chi connectivity index (χ4n) is 1.86. The molecule has 1 aromatic carbocycles. The first-order valence-electron chi connectivity index (χ1n) is 6.03. The molecule has 0 amide bonds. The van der Waals surface area contributed by atoms with E-state index in [9.17, 15) is 4.79 Å². The second kappa shape index (κ2) is 6.49. The van der Waals surface area contributed by atoms with Gasteiger partial charge < -0.3 is 19.1 Å². The highest BCUT2D eigenvalue weighted by molar-refractivity contribution is 7.99. The Labute approximate surface area is 125 Å². The van der Waals surface area contributed by atoms with Crippen LogP contribution in [0.1, 0.15) is 0 Å². The monoisotopic (exact) mass is 309 g/mol. The molecule has 0 saturated carbocycles. The highest BCUT2D eigenvalue weighted by Gasteiger charge is 2.18. The molecule has 0 aliphatic carbocycles. The van der Waals surface area contributed by atoms with Crippen LogP contribution in [0.2, 0.25) is 0 Å². The van der Waals surface area contributed by atoms with E-state index in [1.54, 1.807) is 31.9 Å². The number of aliphatic carboxylic acids is 1. The number of carboxylic acids is 1. The summed E-state index contributed by atoms with van der Waals surface area (Å²) in [5.74, 6) is 0.770. The van der Waals surface area contributed by atoms with Crippen LogP contribution in [0.25, 0.3) is 11.4 Å². The second-order valence-electron chi connectivity index (χ2n) is 4.09. The number of carboxylic acid groups (broad SMARTS) is 1. The fourth-order valence-corrected chi connectivity index (χ4v) is 2.50. The number of para-hydroxylation sites is 1. The summed E-state index contributed by atoms with van der Waals surface area (Å²) in [5.41, 5.74) is 0.731. The Morgan fingerprint density at radius 3 is 2.71 bits per heavy atom. The van der Waals surface area contributed by atoms with Crippen LogP contribution in [-0.2, 0) is 11.8 Å². The molecule has 2 rings (SSSR count). The van der Waals surface area contributed by atoms with E-state index >= 15 is 0 Å². The summed E-state index contributed by atoms with van der Waals surface area (Å²) >= 11 is 1.11. The molecule has 2 aromatic rings. The van der Waals surface area contributed by atoms with Crippen LogP contribution in [0.3, 0.4) is 0 Å². The minimum atomic E-state index is -0.900. The summed E-state index contributed by atoms with van der Waals surface area (Å²) in [5, 5.41) is 17.4. The molecule has 0 unspecified atom stereocenters. The maximum absolute atomic E-state index is 10.6. The van der Waals surface area contributed by atoms with Crippen LogP contribution in [-0.4, -0.2) is 45.8 Å². The third kappa shape index (κ3) is 3.10. The van der Waals surface area contributed by atoms with Crippen molar-refractivity contribution in [2.24, 2.45) is 7.05 Å². The number of hydrogen-bond acceptors (Lipinski definition) is 6. The van der Waals surface area contributed by atoms with Crippen LogP contribution in [0, 0.1) is 0 Å². The predicted octanol–water partition coefficient (Wildman–Crippen LogP) is 1.68. The third-order valence-corrected chi connectivity index (χ3v) is 3.81. The zero-order chi connectivity index (χ0) is 15.4. The lowest BCUT2D eigenvalue weighted by Crippen LogP contribution is -2.01. The molecule has 0 spiro atoms. The van der Waals surface area contributed by atoms with E-state index in [4.69, 9.17) is 14.6 Å². The molecule has 21 heavy (non-hydrogen) atoms. The molecular formula is C13H15N3O4S. The summed E-state index contributed by atoms with van der Waals surface area (Å²) in [6.45, 7) is 0. The first kappa shape index (κ1) is 15.2. The molecule has 1 N–H and O–H groups in total. The summed E-state index contributed by atoms with van der Waals surface area (Å²) in [4.78, 5) is 10.6. The maximum atomic E-state index is 10.6. The van der Waals surface area contributed by atoms with E-state index in [-0.39, 0.29) is 5.75 Å². The number of hydrogen-bond donors (Lipinski definition) is 1. The van der Waals surface area contributed by atoms with E-state index in [0.717, 1.165) is 17.3 Å². The van der Waals surface area contributed by atoms with Gasteiger partial charge in [-0.3, -0.25) is 4.79 Å². The molecule has 112 valence electrons. The Kier molecular flexibility index (Phi) is 4.69. The molecule has 0 bridgehead atoms. The summed E-state index contributed by atoms with van der Waals surface area (Å²) in [6, 6.07) is 5.46. The Morgan fingerprint density at radius 1 is 1.33 bits per heavy atom. The molecule has 1 aromatic heterocycles. The average molecular weight is 309 g/mol.